The van der Waals surface area contributed by atoms with E-state index in [0.717, 1.165) is 41.3 Å². The molecule has 1 amide bonds. The normalized spacial score (nSPS) is 15.3. The zero-order valence-corrected chi connectivity index (χ0v) is 12.0. The Morgan fingerprint density at radius 2 is 1.95 bits per heavy atom. The van der Waals surface area contributed by atoms with Gasteiger partial charge in [0.1, 0.15) is 12.4 Å². The first-order chi connectivity index (χ1) is 10.6. The minimum atomic E-state index is -0.533. The van der Waals surface area contributed by atoms with Gasteiger partial charge in [0.05, 0.1) is 6.04 Å². The van der Waals surface area contributed by atoms with E-state index in [2.05, 4.69) is 5.32 Å². The fraction of sp³-hybridized carbons (Fsp3) is 0.294. The summed E-state index contributed by atoms with van der Waals surface area (Å²) in [6.45, 7) is -0.174. The van der Waals surface area contributed by atoms with Crippen LogP contribution in [0, 0.1) is 11.7 Å². The second-order valence-corrected chi connectivity index (χ2v) is 5.61. The molecule has 1 aromatic carbocycles. The first-order valence-electron chi connectivity index (χ1n) is 7.34. The van der Waals surface area contributed by atoms with Gasteiger partial charge in [-0.25, -0.2) is 4.39 Å². The van der Waals surface area contributed by atoms with Crippen molar-refractivity contribution in [2.45, 2.75) is 25.4 Å². The molecule has 3 rings (SSSR count). The molecular weight excluding hydrogens is 283 g/mol. The van der Waals surface area contributed by atoms with Gasteiger partial charge in [0.2, 0.25) is 5.91 Å². The Labute approximate surface area is 127 Å². The van der Waals surface area contributed by atoms with Crippen LogP contribution in [0.15, 0.2) is 53.5 Å². The molecule has 22 heavy (non-hydrogen) atoms. The van der Waals surface area contributed by atoms with Crippen molar-refractivity contribution in [1.29, 1.82) is 0 Å². The molecule has 1 N–H and O–H groups in total. The van der Waals surface area contributed by atoms with Crippen molar-refractivity contribution < 1.29 is 9.18 Å². The molecule has 0 spiro atoms. The van der Waals surface area contributed by atoms with Crippen LogP contribution in [0.1, 0.15) is 24.4 Å². The van der Waals surface area contributed by atoms with Crippen LogP contribution in [0.4, 0.5) is 4.39 Å². The van der Waals surface area contributed by atoms with Crippen molar-refractivity contribution in [3.8, 4) is 0 Å². The molecule has 1 atom stereocenters. The van der Waals surface area contributed by atoms with E-state index in [1.807, 2.05) is 30.3 Å². The smallest absolute Gasteiger partial charge is 0.251 e. The maximum Gasteiger partial charge on any atom is 0.251 e. The number of benzene rings is 1. The Hall–Kier alpha value is -2.43. The van der Waals surface area contributed by atoms with E-state index < -0.39 is 5.82 Å². The van der Waals surface area contributed by atoms with Gasteiger partial charge in [-0.15, -0.1) is 0 Å². The predicted molar refractivity (Wildman–Crippen MR) is 80.7 cm³/mol. The maximum atomic E-state index is 13.2. The number of pyridine rings is 1. The van der Waals surface area contributed by atoms with Crippen molar-refractivity contribution in [1.82, 2.24) is 9.88 Å². The number of carbonyl (C=O) groups excluding carboxylic acids is 1. The minimum Gasteiger partial charge on any atom is -0.347 e. The van der Waals surface area contributed by atoms with Crippen LogP contribution in [0.5, 0.6) is 0 Å². The average Bonchev–Trinajstić information content (AvgIpc) is 3.34. The summed E-state index contributed by atoms with van der Waals surface area (Å²) in [7, 11) is 0. The monoisotopic (exact) mass is 300 g/mol. The van der Waals surface area contributed by atoms with Crippen LogP contribution in [-0.4, -0.2) is 10.5 Å². The van der Waals surface area contributed by atoms with Gasteiger partial charge < -0.3 is 9.88 Å². The number of amides is 1. The lowest BCUT2D eigenvalue weighted by atomic mass is 10.0. The summed E-state index contributed by atoms with van der Waals surface area (Å²) in [6.07, 6.45) is 3.22. The summed E-state index contributed by atoms with van der Waals surface area (Å²) in [5.74, 6) is -0.377. The number of rotatable bonds is 5. The lowest BCUT2D eigenvalue weighted by Gasteiger charge is -2.19. The summed E-state index contributed by atoms with van der Waals surface area (Å²) in [5, 5.41) is 2.97. The summed E-state index contributed by atoms with van der Waals surface area (Å²) < 4.78 is 14.3. The molecule has 0 saturated heterocycles. The van der Waals surface area contributed by atoms with Crippen molar-refractivity contribution in [3.05, 3.63) is 70.4 Å². The molecular formula is C17H17FN2O2. The van der Waals surface area contributed by atoms with Gasteiger partial charge in [-0.1, -0.05) is 30.3 Å². The zero-order valence-electron chi connectivity index (χ0n) is 12.0. The lowest BCUT2D eigenvalue weighted by Crippen LogP contribution is -2.35. The van der Waals surface area contributed by atoms with Gasteiger partial charge in [0.25, 0.3) is 5.56 Å². The van der Waals surface area contributed by atoms with Crippen LogP contribution in [0.2, 0.25) is 0 Å². The van der Waals surface area contributed by atoms with Crippen LogP contribution in [0.25, 0.3) is 0 Å². The first kappa shape index (κ1) is 14.5. The van der Waals surface area contributed by atoms with Crippen molar-refractivity contribution in [3.63, 3.8) is 0 Å². The van der Waals surface area contributed by atoms with Crippen molar-refractivity contribution in [2.24, 2.45) is 5.92 Å². The molecule has 114 valence electrons. The molecule has 1 aromatic heterocycles. The molecule has 5 heteroatoms. The molecule has 1 saturated carbocycles. The maximum absolute atomic E-state index is 13.2. The van der Waals surface area contributed by atoms with Gasteiger partial charge >= 0.3 is 0 Å². The molecule has 0 radical (unpaired) electrons. The van der Waals surface area contributed by atoms with E-state index in [-0.39, 0.29) is 24.1 Å². The SMILES string of the molecule is O=C(Cn1cc(F)ccc1=O)N[C@H](c1ccccc1)C1CC1. The summed E-state index contributed by atoms with van der Waals surface area (Å²) in [5.41, 5.74) is 0.671. The number of carbonyl (C=O) groups is 1. The van der Waals surface area contributed by atoms with E-state index in [4.69, 9.17) is 0 Å². The summed E-state index contributed by atoms with van der Waals surface area (Å²) >= 11 is 0. The molecule has 0 aliphatic heterocycles. The van der Waals surface area contributed by atoms with Crippen LogP contribution >= 0.6 is 0 Å². The fourth-order valence-corrected chi connectivity index (χ4v) is 2.56. The average molecular weight is 300 g/mol. The van der Waals surface area contributed by atoms with Gasteiger partial charge in [0.15, 0.2) is 0 Å². The molecule has 0 unspecified atom stereocenters. The minimum absolute atomic E-state index is 0.0436. The first-order valence-corrected chi connectivity index (χ1v) is 7.34. The van der Waals surface area contributed by atoms with E-state index in [0.29, 0.717) is 5.92 Å². The van der Waals surface area contributed by atoms with Crippen molar-refractivity contribution >= 4 is 5.91 Å². The molecule has 1 aliphatic carbocycles. The van der Waals surface area contributed by atoms with Gasteiger partial charge in [-0.2, -0.15) is 0 Å². The largest absolute Gasteiger partial charge is 0.347 e. The van der Waals surface area contributed by atoms with Gasteiger partial charge in [-0.05, 0) is 30.4 Å². The summed E-state index contributed by atoms with van der Waals surface area (Å²) in [6, 6.07) is 11.9. The number of aromatic nitrogens is 1. The molecule has 1 fully saturated rings. The highest BCUT2D eigenvalue weighted by Crippen LogP contribution is 2.40. The molecule has 1 aliphatic rings. The predicted octanol–water partition coefficient (Wildman–Crippen LogP) is 2.25. The van der Waals surface area contributed by atoms with E-state index >= 15 is 0 Å². The molecule has 2 aromatic rings. The highest BCUT2D eigenvalue weighted by atomic mass is 19.1. The number of nitrogens with zero attached hydrogens (tertiary/aromatic N) is 1. The Balaban J connectivity index is 1.72. The summed E-state index contributed by atoms with van der Waals surface area (Å²) in [4.78, 5) is 23.8. The van der Waals surface area contributed by atoms with Crippen LogP contribution < -0.4 is 10.9 Å². The van der Waals surface area contributed by atoms with Crippen LogP contribution in [0.3, 0.4) is 0 Å². The number of hydrogen-bond acceptors (Lipinski definition) is 2. The molecule has 1 heterocycles. The Bertz CT molecular complexity index is 723. The second-order valence-electron chi connectivity index (χ2n) is 5.61. The quantitative estimate of drug-likeness (QED) is 0.921. The number of nitrogens with one attached hydrogen (secondary N) is 1. The third kappa shape index (κ3) is 3.42. The lowest BCUT2D eigenvalue weighted by molar-refractivity contribution is -0.122. The number of halogens is 1. The third-order valence-electron chi connectivity index (χ3n) is 3.83. The highest BCUT2D eigenvalue weighted by molar-refractivity contribution is 5.76. The van der Waals surface area contributed by atoms with E-state index in [1.54, 1.807) is 0 Å². The van der Waals surface area contributed by atoms with Gasteiger partial charge in [-0.3, -0.25) is 9.59 Å². The second kappa shape index (κ2) is 6.13. The topological polar surface area (TPSA) is 51.1 Å². The number of hydrogen-bond donors (Lipinski definition) is 1. The van der Waals surface area contributed by atoms with Crippen LogP contribution in [-0.2, 0) is 11.3 Å². The molecule has 0 bridgehead atoms. The zero-order chi connectivity index (χ0) is 15.5. The van der Waals surface area contributed by atoms with Gasteiger partial charge in [0, 0.05) is 12.3 Å². The van der Waals surface area contributed by atoms with E-state index in [1.165, 1.54) is 0 Å². The highest BCUT2D eigenvalue weighted by Gasteiger charge is 2.33. The third-order valence-corrected chi connectivity index (χ3v) is 3.83. The fourth-order valence-electron chi connectivity index (χ4n) is 2.56. The van der Waals surface area contributed by atoms with E-state index in [9.17, 15) is 14.0 Å². The van der Waals surface area contributed by atoms with Crippen molar-refractivity contribution in [2.75, 3.05) is 0 Å². The standard InChI is InChI=1S/C17H17FN2O2/c18-14-8-9-16(22)20(10-14)11-15(21)19-17(13-6-7-13)12-4-2-1-3-5-12/h1-5,8-10,13,17H,6-7,11H2,(H,19,21)/t17-/m1/s1. The Kier molecular flexibility index (Phi) is 4.04. The Morgan fingerprint density at radius 1 is 1.23 bits per heavy atom. The Morgan fingerprint density at radius 3 is 2.64 bits per heavy atom. The molecule has 4 nitrogen and oxygen atoms in total.